The van der Waals surface area contributed by atoms with E-state index in [9.17, 15) is 0 Å². The molecule has 94 valence electrons. The zero-order chi connectivity index (χ0) is 12.4. The number of morpholine rings is 1. The molecule has 3 nitrogen and oxygen atoms in total. The number of ether oxygens (including phenoxy) is 2. The van der Waals surface area contributed by atoms with Crippen molar-refractivity contribution < 1.29 is 9.47 Å². The number of hydrogen-bond donors (Lipinski definition) is 1. The van der Waals surface area contributed by atoms with Crippen molar-refractivity contribution in [1.82, 2.24) is 5.32 Å². The maximum atomic E-state index is 6.30. The highest BCUT2D eigenvalue weighted by molar-refractivity contribution is 6.32. The van der Waals surface area contributed by atoms with E-state index in [4.69, 9.17) is 21.1 Å². The van der Waals surface area contributed by atoms with Gasteiger partial charge >= 0.3 is 0 Å². The van der Waals surface area contributed by atoms with Crippen molar-refractivity contribution in [3.05, 3.63) is 27.8 Å². The molecule has 2 rings (SSSR count). The predicted molar refractivity (Wildman–Crippen MR) is 69.0 cm³/mol. The van der Waals surface area contributed by atoms with Crippen LogP contribution in [0, 0.1) is 13.8 Å². The van der Waals surface area contributed by atoms with Gasteiger partial charge in [0.2, 0.25) is 0 Å². The molecule has 17 heavy (non-hydrogen) atoms. The van der Waals surface area contributed by atoms with Gasteiger partial charge in [-0.25, -0.2) is 0 Å². The second kappa shape index (κ2) is 5.25. The summed E-state index contributed by atoms with van der Waals surface area (Å²) in [4.78, 5) is 0. The molecule has 0 aromatic heterocycles. The van der Waals surface area contributed by atoms with Gasteiger partial charge in [0.15, 0.2) is 0 Å². The van der Waals surface area contributed by atoms with E-state index in [0.29, 0.717) is 0 Å². The zero-order valence-electron chi connectivity index (χ0n) is 10.5. The van der Waals surface area contributed by atoms with Crippen molar-refractivity contribution in [2.45, 2.75) is 20.0 Å². The highest BCUT2D eigenvalue weighted by Crippen LogP contribution is 2.37. The van der Waals surface area contributed by atoms with Gasteiger partial charge in [-0.1, -0.05) is 11.6 Å². The Kier molecular flexibility index (Phi) is 3.92. The molecule has 1 saturated heterocycles. The van der Waals surface area contributed by atoms with Crippen LogP contribution in [0.4, 0.5) is 0 Å². The van der Waals surface area contributed by atoms with E-state index < -0.39 is 0 Å². The summed E-state index contributed by atoms with van der Waals surface area (Å²) in [7, 11) is 1.68. The average Bonchev–Trinajstić information content (AvgIpc) is 2.36. The van der Waals surface area contributed by atoms with Crippen LogP contribution in [-0.2, 0) is 4.74 Å². The minimum Gasteiger partial charge on any atom is -0.496 e. The maximum Gasteiger partial charge on any atom is 0.125 e. The largest absolute Gasteiger partial charge is 0.496 e. The van der Waals surface area contributed by atoms with Gasteiger partial charge in [0.05, 0.1) is 19.8 Å². The maximum absolute atomic E-state index is 6.30. The molecule has 1 N–H and O–H groups in total. The van der Waals surface area contributed by atoms with Crippen LogP contribution >= 0.6 is 11.6 Å². The van der Waals surface area contributed by atoms with E-state index in [0.717, 1.165) is 47.2 Å². The summed E-state index contributed by atoms with van der Waals surface area (Å²) in [5.41, 5.74) is 3.15. The smallest absolute Gasteiger partial charge is 0.125 e. The summed E-state index contributed by atoms with van der Waals surface area (Å²) in [6, 6.07) is 1.97. The molecule has 1 aromatic carbocycles. The molecule has 1 atom stereocenters. The lowest BCUT2D eigenvalue weighted by Gasteiger charge is -2.27. The van der Waals surface area contributed by atoms with Crippen molar-refractivity contribution in [1.29, 1.82) is 0 Å². The molecule has 0 amide bonds. The normalized spacial score (nSPS) is 20.4. The number of aryl methyl sites for hydroxylation is 1. The Morgan fingerprint density at radius 2 is 2.24 bits per heavy atom. The Bertz CT molecular complexity index is 414. The lowest BCUT2D eigenvalue weighted by Crippen LogP contribution is -2.34. The first-order valence-electron chi connectivity index (χ1n) is 5.81. The summed E-state index contributed by atoms with van der Waals surface area (Å²) in [6.45, 7) is 6.43. The Morgan fingerprint density at radius 1 is 1.47 bits per heavy atom. The molecule has 0 radical (unpaired) electrons. The van der Waals surface area contributed by atoms with Gasteiger partial charge in [-0.05, 0) is 31.0 Å². The lowest BCUT2D eigenvalue weighted by atomic mass is 9.98. The molecule has 1 unspecified atom stereocenters. The van der Waals surface area contributed by atoms with Gasteiger partial charge in [0.25, 0.3) is 0 Å². The molecule has 0 spiro atoms. The molecule has 1 fully saturated rings. The summed E-state index contributed by atoms with van der Waals surface area (Å²) in [5, 5.41) is 4.12. The first-order valence-corrected chi connectivity index (χ1v) is 6.19. The van der Waals surface area contributed by atoms with Crippen molar-refractivity contribution in [3.63, 3.8) is 0 Å². The molecular formula is C13H18ClNO2. The van der Waals surface area contributed by atoms with Gasteiger partial charge in [0, 0.05) is 23.7 Å². The fourth-order valence-corrected chi connectivity index (χ4v) is 2.41. The van der Waals surface area contributed by atoms with Crippen molar-refractivity contribution in [2.24, 2.45) is 0 Å². The van der Waals surface area contributed by atoms with Gasteiger partial charge in [-0.3, -0.25) is 0 Å². The third-order valence-corrected chi connectivity index (χ3v) is 3.74. The van der Waals surface area contributed by atoms with Crippen LogP contribution in [0.2, 0.25) is 5.02 Å². The highest BCUT2D eigenvalue weighted by atomic mass is 35.5. The van der Waals surface area contributed by atoms with Crippen LogP contribution in [-0.4, -0.2) is 26.8 Å². The molecule has 4 heteroatoms. The molecule has 0 aliphatic carbocycles. The van der Waals surface area contributed by atoms with Crippen LogP contribution < -0.4 is 10.1 Å². The third kappa shape index (κ3) is 2.41. The van der Waals surface area contributed by atoms with Gasteiger partial charge in [-0.15, -0.1) is 0 Å². The number of methoxy groups -OCH3 is 1. The Balaban J connectivity index is 2.46. The van der Waals surface area contributed by atoms with E-state index in [2.05, 4.69) is 5.32 Å². The molecule has 1 aliphatic heterocycles. The summed E-state index contributed by atoms with van der Waals surface area (Å²) in [6.07, 6.45) is 0.0248. The first-order chi connectivity index (χ1) is 8.15. The van der Waals surface area contributed by atoms with E-state index in [1.165, 1.54) is 0 Å². The Labute approximate surface area is 107 Å². The second-order valence-electron chi connectivity index (χ2n) is 4.31. The minimum absolute atomic E-state index is 0.0248. The van der Waals surface area contributed by atoms with Crippen LogP contribution in [0.3, 0.4) is 0 Å². The number of rotatable bonds is 2. The first kappa shape index (κ1) is 12.7. The molecular weight excluding hydrogens is 238 g/mol. The van der Waals surface area contributed by atoms with Crippen LogP contribution in [0.1, 0.15) is 22.8 Å². The minimum atomic E-state index is 0.0248. The number of nitrogens with one attached hydrogen (secondary N) is 1. The monoisotopic (exact) mass is 255 g/mol. The molecule has 1 heterocycles. The van der Waals surface area contributed by atoms with Crippen molar-refractivity contribution in [2.75, 3.05) is 26.8 Å². The van der Waals surface area contributed by atoms with Gasteiger partial charge in [-0.2, -0.15) is 0 Å². The van der Waals surface area contributed by atoms with Crippen LogP contribution in [0.15, 0.2) is 6.07 Å². The number of halogens is 1. The highest BCUT2D eigenvalue weighted by Gasteiger charge is 2.23. The van der Waals surface area contributed by atoms with Crippen molar-refractivity contribution in [3.8, 4) is 5.75 Å². The quantitative estimate of drug-likeness (QED) is 0.881. The van der Waals surface area contributed by atoms with E-state index >= 15 is 0 Å². The van der Waals surface area contributed by atoms with Gasteiger partial charge < -0.3 is 14.8 Å². The molecule has 1 aromatic rings. The van der Waals surface area contributed by atoms with E-state index in [1.54, 1.807) is 7.11 Å². The van der Waals surface area contributed by atoms with E-state index in [-0.39, 0.29) is 6.10 Å². The van der Waals surface area contributed by atoms with Crippen LogP contribution in [0.25, 0.3) is 0 Å². The third-order valence-electron chi connectivity index (χ3n) is 3.16. The average molecular weight is 256 g/mol. The van der Waals surface area contributed by atoms with Crippen molar-refractivity contribution >= 4 is 11.6 Å². The standard InChI is InChI=1S/C13H18ClNO2/c1-8-6-10(16-3)12(9(2)13(8)14)11-7-15-4-5-17-11/h6,11,15H,4-5,7H2,1-3H3. The SMILES string of the molecule is COc1cc(C)c(Cl)c(C)c1C1CNCCO1. The lowest BCUT2D eigenvalue weighted by molar-refractivity contribution is 0.0259. The molecule has 0 saturated carbocycles. The number of hydrogen-bond acceptors (Lipinski definition) is 3. The fourth-order valence-electron chi connectivity index (χ4n) is 2.26. The molecule has 0 bridgehead atoms. The summed E-state index contributed by atoms with van der Waals surface area (Å²) in [5.74, 6) is 0.859. The zero-order valence-corrected chi connectivity index (χ0v) is 11.2. The summed E-state index contributed by atoms with van der Waals surface area (Å²) < 4.78 is 11.2. The fraction of sp³-hybridized carbons (Fsp3) is 0.538. The second-order valence-corrected chi connectivity index (χ2v) is 4.69. The Hall–Kier alpha value is -0.770. The Morgan fingerprint density at radius 3 is 2.82 bits per heavy atom. The van der Waals surface area contributed by atoms with E-state index in [1.807, 2.05) is 19.9 Å². The van der Waals surface area contributed by atoms with Crippen LogP contribution in [0.5, 0.6) is 5.75 Å². The summed E-state index contributed by atoms with van der Waals surface area (Å²) >= 11 is 6.30. The van der Waals surface area contributed by atoms with Gasteiger partial charge in [0.1, 0.15) is 5.75 Å². The number of benzene rings is 1. The molecule has 1 aliphatic rings. The topological polar surface area (TPSA) is 30.5 Å². The predicted octanol–water partition coefficient (Wildman–Crippen LogP) is 2.63.